The van der Waals surface area contributed by atoms with Crippen LogP contribution in [0, 0.1) is 5.82 Å². The highest BCUT2D eigenvalue weighted by Crippen LogP contribution is 2.31. The van der Waals surface area contributed by atoms with Crippen LogP contribution in [-0.2, 0) is 0 Å². The Labute approximate surface area is 137 Å². The molecule has 0 spiro atoms. The monoisotopic (exact) mass is 319 g/mol. The summed E-state index contributed by atoms with van der Waals surface area (Å²) in [6.45, 7) is 5.58. The third-order valence-electron chi connectivity index (χ3n) is 3.12. The average Bonchev–Trinajstić information content (AvgIpc) is 2.51. The van der Waals surface area contributed by atoms with Crippen LogP contribution < -0.4 is 16.8 Å². The number of hydrogen-bond acceptors (Lipinski definition) is 5. The molecule has 126 valence electrons. The number of likely N-dealkylation sites (N-methyl/N-ethyl adjacent to an activating group) is 1. The molecule has 0 bridgehead atoms. The molecule has 0 saturated carbocycles. The average molecular weight is 319 g/mol. The summed E-state index contributed by atoms with van der Waals surface area (Å²) in [7, 11) is 3.97. The fourth-order valence-electron chi connectivity index (χ4n) is 1.99. The van der Waals surface area contributed by atoms with Gasteiger partial charge in [-0.2, -0.15) is 0 Å². The summed E-state index contributed by atoms with van der Waals surface area (Å²) in [5, 5.41) is 3.19. The molecule has 1 aromatic carbocycles. The van der Waals surface area contributed by atoms with Crippen LogP contribution in [0.2, 0.25) is 0 Å². The van der Waals surface area contributed by atoms with Crippen molar-refractivity contribution in [3.05, 3.63) is 36.4 Å². The number of rotatable bonds is 5. The van der Waals surface area contributed by atoms with Crippen molar-refractivity contribution in [3.8, 4) is 11.1 Å². The fraction of sp³-hybridized carbons (Fsp3) is 0.353. The second kappa shape index (κ2) is 8.95. The van der Waals surface area contributed by atoms with Gasteiger partial charge in [-0.05, 0) is 37.9 Å². The maximum atomic E-state index is 13.8. The molecule has 5 nitrogen and oxygen atoms in total. The van der Waals surface area contributed by atoms with Crippen LogP contribution in [0.3, 0.4) is 0 Å². The van der Waals surface area contributed by atoms with Gasteiger partial charge in [0.1, 0.15) is 5.82 Å². The fourth-order valence-corrected chi connectivity index (χ4v) is 1.99. The lowest BCUT2D eigenvalue weighted by Crippen LogP contribution is -2.20. The van der Waals surface area contributed by atoms with Crippen molar-refractivity contribution in [1.29, 1.82) is 0 Å². The van der Waals surface area contributed by atoms with Crippen molar-refractivity contribution in [2.24, 2.45) is 0 Å². The van der Waals surface area contributed by atoms with E-state index in [9.17, 15) is 4.39 Å². The van der Waals surface area contributed by atoms with E-state index in [1.165, 1.54) is 18.3 Å². The predicted molar refractivity (Wildman–Crippen MR) is 96.8 cm³/mol. The van der Waals surface area contributed by atoms with Gasteiger partial charge in [-0.15, -0.1) is 0 Å². The second-order valence-electron chi connectivity index (χ2n) is 5.15. The van der Waals surface area contributed by atoms with Crippen molar-refractivity contribution >= 4 is 17.1 Å². The highest BCUT2D eigenvalue weighted by Gasteiger charge is 2.09. The van der Waals surface area contributed by atoms with Crippen molar-refractivity contribution < 1.29 is 4.39 Å². The van der Waals surface area contributed by atoms with Crippen LogP contribution in [0.4, 0.5) is 21.5 Å². The molecule has 2 aromatic rings. The van der Waals surface area contributed by atoms with E-state index < -0.39 is 0 Å². The number of pyridine rings is 1. The molecular weight excluding hydrogens is 293 g/mol. The second-order valence-corrected chi connectivity index (χ2v) is 5.15. The summed E-state index contributed by atoms with van der Waals surface area (Å²) in [4.78, 5) is 6.06. The zero-order valence-corrected chi connectivity index (χ0v) is 14.2. The number of nitrogens with two attached hydrogens (primary N) is 2. The number of aromatic nitrogens is 1. The number of nitrogen functional groups attached to an aromatic ring is 2. The Balaban J connectivity index is 0.00000127. The lowest BCUT2D eigenvalue weighted by Gasteiger charge is -2.13. The Morgan fingerprint density at radius 2 is 1.83 bits per heavy atom. The minimum atomic E-state index is -0.332. The maximum Gasteiger partial charge on any atom is 0.125 e. The van der Waals surface area contributed by atoms with Gasteiger partial charge < -0.3 is 21.7 Å². The molecule has 5 N–H and O–H groups in total. The van der Waals surface area contributed by atoms with Crippen molar-refractivity contribution in [2.45, 2.75) is 13.8 Å². The molecule has 23 heavy (non-hydrogen) atoms. The predicted octanol–water partition coefficient (Wildman–Crippen LogP) is 3.05. The van der Waals surface area contributed by atoms with Gasteiger partial charge in [0.25, 0.3) is 0 Å². The minimum Gasteiger partial charge on any atom is -0.396 e. The highest BCUT2D eigenvalue weighted by molar-refractivity contribution is 5.84. The maximum absolute atomic E-state index is 13.8. The SMILES string of the molecule is CC.CN(C)CCNc1cc(F)cc(-c2cncc(N)c2N)c1. The van der Waals surface area contributed by atoms with E-state index >= 15 is 0 Å². The number of benzene rings is 1. The number of hydrogen-bond donors (Lipinski definition) is 3. The van der Waals surface area contributed by atoms with Gasteiger partial charge in [-0.3, -0.25) is 4.98 Å². The Morgan fingerprint density at radius 1 is 1.13 bits per heavy atom. The summed E-state index contributed by atoms with van der Waals surface area (Å²) in [6, 6.07) is 4.71. The third-order valence-corrected chi connectivity index (χ3v) is 3.12. The molecular formula is C17H26FN5. The molecule has 1 aromatic heterocycles. The highest BCUT2D eigenvalue weighted by atomic mass is 19.1. The molecule has 1 heterocycles. The molecule has 0 amide bonds. The first-order valence-electron chi connectivity index (χ1n) is 7.66. The van der Waals surface area contributed by atoms with Gasteiger partial charge in [0, 0.05) is 30.5 Å². The van der Waals surface area contributed by atoms with Crippen LogP contribution in [0.15, 0.2) is 30.6 Å². The smallest absolute Gasteiger partial charge is 0.125 e. The topological polar surface area (TPSA) is 80.2 Å². The van der Waals surface area contributed by atoms with Crippen molar-refractivity contribution in [3.63, 3.8) is 0 Å². The molecule has 0 atom stereocenters. The summed E-state index contributed by atoms with van der Waals surface area (Å²) in [5.74, 6) is -0.332. The number of anilines is 3. The molecule has 0 aliphatic heterocycles. The standard InChI is InChI=1S/C15H20FN5.C2H6/c1-21(2)4-3-20-12-6-10(5-11(16)7-12)13-8-19-9-14(17)15(13)18;1-2/h5-9,20H,3-4,17H2,1-2H3,(H2,18,19);1-2H3. The van der Waals surface area contributed by atoms with E-state index in [1.54, 1.807) is 6.20 Å². The van der Waals surface area contributed by atoms with Gasteiger partial charge in [0.2, 0.25) is 0 Å². The Kier molecular flexibility index (Phi) is 7.28. The van der Waals surface area contributed by atoms with E-state index in [4.69, 9.17) is 11.5 Å². The van der Waals surface area contributed by atoms with Crippen LogP contribution in [0.25, 0.3) is 11.1 Å². The van der Waals surface area contributed by atoms with Crippen LogP contribution in [0.5, 0.6) is 0 Å². The normalized spacial score (nSPS) is 10.2. The molecule has 0 saturated heterocycles. The van der Waals surface area contributed by atoms with E-state index in [-0.39, 0.29) is 5.82 Å². The zero-order valence-electron chi connectivity index (χ0n) is 14.2. The van der Waals surface area contributed by atoms with E-state index in [2.05, 4.69) is 10.3 Å². The number of nitrogens with zero attached hydrogens (tertiary/aromatic N) is 2. The first kappa shape index (κ1) is 18.7. The van der Waals surface area contributed by atoms with Gasteiger partial charge >= 0.3 is 0 Å². The van der Waals surface area contributed by atoms with Gasteiger partial charge in [0.15, 0.2) is 0 Å². The summed E-state index contributed by atoms with van der Waals surface area (Å²) in [5.41, 5.74) is 14.5. The molecule has 0 fully saturated rings. The van der Waals surface area contributed by atoms with E-state index in [0.717, 1.165) is 13.1 Å². The zero-order chi connectivity index (χ0) is 17.4. The first-order valence-corrected chi connectivity index (χ1v) is 7.66. The van der Waals surface area contributed by atoms with E-state index in [0.29, 0.717) is 28.2 Å². The van der Waals surface area contributed by atoms with Crippen molar-refractivity contribution in [1.82, 2.24) is 9.88 Å². The van der Waals surface area contributed by atoms with Gasteiger partial charge in [0.05, 0.1) is 17.6 Å². The summed E-state index contributed by atoms with van der Waals surface area (Å²) < 4.78 is 13.8. The third kappa shape index (κ3) is 5.41. The minimum absolute atomic E-state index is 0.332. The largest absolute Gasteiger partial charge is 0.396 e. The van der Waals surface area contributed by atoms with Crippen LogP contribution in [-0.4, -0.2) is 37.1 Å². The molecule has 0 unspecified atom stereocenters. The van der Waals surface area contributed by atoms with Crippen LogP contribution >= 0.6 is 0 Å². The molecule has 0 aliphatic rings. The summed E-state index contributed by atoms with van der Waals surface area (Å²) in [6.07, 6.45) is 3.07. The van der Waals surface area contributed by atoms with Gasteiger partial charge in [-0.25, -0.2) is 4.39 Å². The molecule has 2 rings (SSSR count). The number of halogens is 1. The Hall–Kier alpha value is -2.34. The first-order chi connectivity index (χ1) is 11.0. The molecule has 0 aliphatic carbocycles. The molecule has 6 heteroatoms. The van der Waals surface area contributed by atoms with Crippen LogP contribution in [0.1, 0.15) is 13.8 Å². The van der Waals surface area contributed by atoms with Gasteiger partial charge in [-0.1, -0.05) is 13.8 Å². The van der Waals surface area contributed by atoms with Crippen molar-refractivity contribution in [2.75, 3.05) is 44.0 Å². The molecule has 0 radical (unpaired) electrons. The quantitative estimate of drug-likeness (QED) is 0.789. The Morgan fingerprint density at radius 3 is 2.48 bits per heavy atom. The summed E-state index contributed by atoms with van der Waals surface area (Å²) >= 11 is 0. The lowest BCUT2D eigenvalue weighted by molar-refractivity contribution is 0.425. The lowest BCUT2D eigenvalue weighted by atomic mass is 10.0. The number of nitrogens with one attached hydrogen (secondary N) is 1. The van der Waals surface area contributed by atoms with E-state index in [1.807, 2.05) is 38.9 Å². The Bertz CT molecular complexity index is 628.